The number of nitrogens with zero attached hydrogens (tertiary/aromatic N) is 1. The van der Waals surface area contributed by atoms with Gasteiger partial charge >= 0.3 is 0 Å². The Labute approximate surface area is 158 Å². The van der Waals surface area contributed by atoms with Crippen LogP contribution in [0.1, 0.15) is 5.56 Å². The number of hydrogen-bond acceptors (Lipinski definition) is 4. The zero-order chi connectivity index (χ0) is 17.6. The molecule has 0 radical (unpaired) electrons. The summed E-state index contributed by atoms with van der Waals surface area (Å²) in [6, 6.07) is 18.5. The molecule has 1 amide bonds. The van der Waals surface area contributed by atoms with E-state index in [1.807, 2.05) is 42.5 Å². The van der Waals surface area contributed by atoms with Gasteiger partial charge in [0, 0.05) is 9.13 Å². The lowest BCUT2D eigenvalue weighted by Gasteiger charge is -2.06. The third-order valence-corrected chi connectivity index (χ3v) is 4.23. The van der Waals surface area contributed by atoms with Crippen LogP contribution in [0.5, 0.6) is 11.5 Å². The molecule has 25 heavy (non-hydrogen) atoms. The fourth-order valence-corrected chi connectivity index (χ4v) is 2.66. The molecule has 0 atom stereocenters. The number of phenolic OH excluding ortho intramolecular Hbond substituents is 1. The van der Waals surface area contributed by atoms with Crippen molar-refractivity contribution in [1.82, 2.24) is 5.43 Å². The van der Waals surface area contributed by atoms with E-state index >= 15 is 0 Å². The maximum absolute atomic E-state index is 11.8. The van der Waals surface area contributed by atoms with Gasteiger partial charge in [0.15, 0.2) is 6.61 Å². The number of halogens is 1. The van der Waals surface area contributed by atoms with Gasteiger partial charge in [0.2, 0.25) is 0 Å². The molecule has 2 N–H and O–H groups in total. The van der Waals surface area contributed by atoms with Crippen LogP contribution >= 0.6 is 22.6 Å². The molecule has 0 spiro atoms. The van der Waals surface area contributed by atoms with E-state index in [0.29, 0.717) is 11.3 Å². The molecule has 3 aromatic carbocycles. The Morgan fingerprint density at radius 2 is 1.88 bits per heavy atom. The summed E-state index contributed by atoms with van der Waals surface area (Å²) in [7, 11) is 0. The van der Waals surface area contributed by atoms with Crippen LogP contribution in [0.4, 0.5) is 0 Å². The lowest BCUT2D eigenvalue weighted by Crippen LogP contribution is -2.24. The Morgan fingerprint density at radius 1 is 1.12 bits per heavy atom. The van der Waals surface area contributed by atoms with E-state index < -0.39 is 0 Å². The second kappa shape index (κ2) is 7.98. The first kappa shape index (κ1) is 17.2. The molecule has 0 aromatic heterocycles. The molecule has 0 fully saturated rings. The summed E-state index contributed by atoms with van der Waals surface area (Å²) in [5, 5.41) is 15.8. The van der Waals surface area contributed by atoms with Crippen LogP contribution in [0.2, 0.25) is 0 Å². The number of fused-ring (bicyclic) bond motifs is 1. The van der Waals surface area contributed by atoms with Crippen molar-refractivity contribution in [3.05, 3.63) is 69.8 Å². The number of aromatic hydroxyl groups is 1. The van der Waals surface area contributed by atoms with Crippen LogP contribution in [-0.2, 0) is 4.79 Å². The van der Waals surface area contributed by atoms with Crippen molar-refractivity contribution in [1.29, 1.82) is 0 Å². The van der Waals surface area contributed by atoms with Crippen molar-refractivity contribution in [3.8, 4) is 11.5 Å². The van der Waals surface area contributed by atoms with Crippen molar-refractivity contribution in [2.45, 2.75) is 0 Å². The minimum absolute atomic E-state index is 0.104. The van der Waals surface area contributed by atoms with Crippen molar-refractivity contribution in [2.75, 3.05) is 6.61 Å². The Kier molecular flexibility index (Phi) is 5.49. The third-order valence-electron chi connectivity index (χ3n) is 3.51. The molecule has 0 saturated carbocycles. The van der Waals surface area contributed by atoms with E-state index in [2.05, 4.69) is 33.1 Å². The zero-order valence-electron chi connectivity index (χ0n) is 13.1. The first-order chi connectivity index (χ1) is 12.1. The maximum atomic E-state index is 11.8. The smallest absolute Gasteiger partial charge is 0.277 e. The number of carbonyl (C=O) groups excluding carboxylic acids is 1. The van der Waals surface area contributed by atoms with Gasteiger partial charge in [0.1, 0.15) is 11.5 Å². The SMILES string of the molecule is O=C(COc1ccc(I)cc1)NN=Cc1c(O)ccc2ccccc12. The number of carbonyl (C=O) groups is 1. The van der Waals surface area contributed by atoms with Gasteiger partial charge < -0.3 is 9.84 Å². The van der Waals surface area contributed by atoms with Gasteiger partial charge in [-0.2, -0.15) is 5.10 Å². The quantitative estimate of drug-likeness (QED) is 0.357. The Balaban J connectivity index is 1.62. The normalized spacial score (nSPS) is 10.9. The van der Waals surface area contributed by atoms with E-state index in [1.54, 1.807) is 18.2 Å². The minimum Gasteiger partial charge on any atom is -0.507 e. The lowest BCUT2D eigenvalue weighted by molar-refractivity contribution is -0.123. The van der Waals surface area contributed by atoms with Crippen molar-refractivity contribution in [3.63, 3.8) is 0 Å². The molecule has 5 nitrogen and oxygen atoms in total. The highest BCUT2D eigenvalue weighted by Gasteiger charge is 2.05. The fraction of sp³-hybridized carbons (Fsp3) is 0.0526. The number of phenols is 1. The summed E-state index contributed by atoms with van der Waals surface area (Å²) in [6.07, 6.45) is 1.43. The second-order valence-corrected chi connectivity index (χ2v) is 6.50. The monoisotopic (exact) mass is 446 g/mol. The molecule has 0 aliphatic carbocycles. The molecule has 6 heteroatoms. The molecule has 0 aliphatic rings. The van der Waals surface area contributed by atoms with Crippen LogP contribution in [-0.4, -0.2) is 23.8 Å². The summed E-state index contributed by atoms with van der Waals surface area (Å²) in [4.78, 5) is 11.8. The maximum Gasteiger partial charge on any atom is 0.277 e. The van der Waals surface area contributed by atoms with Gasteiger partial charge in [-0.25, -0.2) is 5.43 Å². The molecule has 0 saturated heterocycles. The molecule has 0 unspecified atom stereocenters. The van der Waals surface area contributed by atoms with Gasteiger partial charge in [0.25, 0.3) is 5.91 Å². The molecule has 3 rings (SSSR count). The van der Waals surface area contributed by atoms with E-state index in [0.717, 1.165) is 14.3 Å². The number of rotatable bonds is 5. The molecular weight excluding hydrogens is 431 g/mol. The molecule has 0 aliphatic heterocycles. The van der Waals surface area contributed by atoms with E-state index in [1.165, 1.54) is 6.21 Å². The van der Waals surface area contributed by atoms with Crippen LogP contribution in [0.15, 0.2) is 65.8 Å². The van der Waals surface area contributed by atoms with Gasteiger partial charge in [0.05, 0.1) is 6.21 Å². The summed E-state index contributed by atoms with van der Waals surface area (Å²) < 4.78 is 6.47. The van der Waals surface area contributed by atoms with Crippen molar-refractivity contribution < 1.29 is 14.6 Å². The predicted molar refractivity (Wildman–Crippen MR) is 106 cm³/mol. The average Bonchev–Trinajstić information content (AvgIpc) is 2.63. The second-order valence-electron chi connectivity index (χ2n) is 5.26. The van der Waals surface area contributed by atoms with Crippen LogP contribution in [0.25, 0.3) is 10.8 Å². The number of benzene rings is 3. The van der Waals surface area contributed by atoms with Gasteiger partial charge in [-0.15, -0.1) is 0 Å². The number of hydrogen-bond donors (Lipinski definition) is 2. The first-order valence-corrected chi connectivity index (χ1v) is 8.62. The fourth-order valence-electron chi connectivity index (χ4n) is 2.30. The number of hydrazone groups is 1. The number of ether oxygens (including phenoxy) is 1. The zero-order valence-corrected chi connectivity index (χ0v) is 15.3. The van der Waals surface area contributed by atoms with Gasteiger partial charge in [-0.05, 0) is 63.7 Å². The molecule has 0 bridgehead atoms. The Bertz CT molecular complexity index is 924. The largest absolute Gasteiger partial charge is 0.507 e. The summed E-state index contributed by atoms with van der Waals surface area (Å²) >= 11 is 2.20. The summed E-state index contributed by atoms with van der Waals surface area (Å²) in [5.74, 6) is 0.340. The predicted octanol–water partition coefficient (Wildman–Crippen LogP) is 3.68. The summed E-state index contributed by atoms with van der Waals surface area (Å²) in [5.41, 5.74) is 2.95. The third kappa shape index (κ3) is 4.48. The highest BCUT2D eigenvalue weighted by molar-refractivity contribution is 14.1. The van der Waals surface area contributed by atoms with E-state index in [4.69, 9.17) is 4.74 Å². The molecule has 3 aromatic rings. The standard InChI is InChI=1S/C19H15IN2O3/c20-14-6-8-15(9-7-14)25-12-19(24)22-21-11-17-16-4-2-1-3-13(16)5-10-18(17)23/h1-11,23H,12H2,(H,22,24). The lowest BCUT2D eigenvalue weighted by atomic mass is 10.0. The summed E-state index contributed by atoms with van der Waals surface area (Å²) in [6.45, 7) is -0.139. The van der Waals surface area contributed by atoms with Crippen molar-refractivity contribution in [2.24, 2.45) is 5.10 Å². The molecule has 126 valence electrons. The number of amides is 1. The average molecular weight is 446 g/mol. The Morgan fingerprint density at radius 3 is 2.68 bits per heavy atom. The highest BCUT2D eigenvalue weighted by atomic mass is 127. The van der Waals surface area contributed by atoms with Crippen LogP contribution in [0, 0.1) is 3.57 Å². The number of nitrogens with one attached hydrogen (secondary N) is 1. The first-order valence-electron chi connectivity index (χ1n) is 7.54. The Hall–Kier alpha value is -2.61. The van der Waals surface area contributed by atoms with Crippen molar-refractivity contribution >= 4 is 45.5 Å². The van der Waals surface area contributed by atoms with E-state index in [-0.39, 0.29) is 18.3 Å². The van der Waals surface area contributed by atoms with Gasteiger partial charge in [-0.3, -0.25) is 4.79 Å². The topological polar surface area (TPSA) is 70.9 Å². The molecule has 0 heterocycles. The van der Waals surface area contributed by atoms with Crippen LogP contribution in [0.3, 0.4) is 0 Å². The van der Waals surface area contributed by atoms with Crippen LogP contribution < -0.4 is 10.2 Å². The highest BCUT2D eigenvalue weighted by Crippen LogP contribution is 2.25. The minimum atomic E-state index is -0.380. The van der Waals surface area contributed by atoms with Gasteiger partial charge in [-0.1, -0.05) is 30.3 Å². The molecular formula is C19H15IN2O3. The van der Waals surface area contributed by atoms with E-state index in [9.17, 15) is 9.90 Å².